The van der Waals surface area contributed by atoms with Crippen LogP contribution in [0.25, 0.3) is 10.2 Å². The third-order valence-corrected chi connectivity index (χ3v) is 5.97. The molecular weight excluding hydrogens is 324 g/mol. The van der Waals surface area contributed by atoms with E-state index in [0.717, 1.165) is 11.3 Å². The van der Waals surface area contributed by atoms with Crippen LogP contribution in [-0.4, -0.2) is 31.1 Å². The van der Waals surface area contributed by atoms with Gasteiger partial charge in [0.2, 0.25) is 20.1 Å². The Labute approximate surface area is 131 Å². The molecule has 1 aromatic carbocycles. The smallest absolute Gasteiger partial charge is 0.223 e. The van der Waals surface area contributed by atoms with Gasteiger partial charge in [-0.3, -0.25) is 0 Å². The Hall–Kier alpha value is -2.20. The minimum Gasteiger partial charge on any atom is -0.370 e. The summed E-state index contributed by atoms with van der Waals surface area (Å²) in [6, 6.07) is 5.03. The maximum absolute atomic E-state index is 12.0. The molecule has 0 radical (unpaired) electrons. The van der Waals surface area contributed by atoms with E-state index in [9.17, 15) is 8.42 Å². The highest BCUT2D eigenvalue weighted by atomic mass is 32.2. The number of hydrogen-bond acceptors (Lipinski definition) is 5. The average molecular weight is 340 g/mol. The van der Waals surface area contributed by atoms with Gasteiger partial charge < -0.3 is 17.2 Å². The van der Waals surface area contributed by atoms with Crippen molar-refractivity contribution in [3.63, 3.8) is 0 Å². The summed E-state index contributed by atoms with van der Waals surface area (Å²) in [5.74, 6) is -0.189. The summed E-state index contributed by atoms with van der Waals surface area (Å²) in [5.41, 5.74) is 17.1. The van der Waals surface area contributed by atoms with Crippen molar-refractivity contribution in [2.45, 2.75) is 17.7 Å². The summed E-state index contributed by atoms with van der Waals surface area (Å²) in [4.78, 5) is 11.8. The van der Waals surface area contributed by atoms with Gasteiger partial charge in [-0.1, -0.05) is 6.92 Å². The Balaban J connectivity index is 2.42. The molecule has 10 heteroatoms. The third kappa shape index (κ3) is 3.71. The van der Waals surface area contributed by atoms with E-state index < -0.39 is 9.84 Å². The Morgan fingerprint density at radius 3 is 2.68 bits per heavy atom. The van der Waals surface area contributed by atoms with E-state index in [4.69, 9.17) is 17.2 Å². The van der Waals surface area contributed by atoms with Crippen LogP contribution < -0.4 is 17.2 Å². The van der Waals surface area contributed by atoms with E-state index in [1.54, 1.807) is 18.2 Å². The van der Waals surface area contributed by atoms with Crippen molar-refractivity contribution in [1.82, 2.24) is 4.98 Å². The second kappa shape index (κ2) is 6.28. The normalized spacial score (nSPS) is 12.5. The predicted molar refractivity (Wildman–Crippen MR) is 89.1 cm³/mol. The van der Waals surface area contributed by atoms with Crippen LogP contribution in [0.1, 0.15) is 13.3 Å². The van der Waals surface area contributed by atoms with Crippen LogP contribution in [-0.2, 0) is 9.84 Å². The SMILES string of the molecule is CCCS(=O)(=O)c1nc2ccc(N=C(N)N=C(N)N)cc2s1. The monoisotopic (exact) mass is 340 g/mol. The van der Waals surface area contributed by atoms with Crippen molar-refractivity contribution >= 4 is 49.0 Å². The number of thiazole rings is 1. The highest BCUT2D eigenvalue weighted by molar-refractivity contribution is 7.93. The van der Waals surface area contributed by atoms with Crippen LogP contribution in [0, 0.1) is 0 Å². The second-order valence-corrected chi connectivity index (χ2v) is 7.77. The van der Waals surface area contributed by atoms with Gasteiger partial charge in [-0.2, -0.15) is 4.99 Å². The molecule has 22 heavy (non-hydrogen) atoms. The van der Waals surface area contributed by atoms with Crippen LogP contribution in [0.15, 0.2) is 32.5 Å². The second-order valence-electron chi connectivity index (χ2n) is 4.46. The van der Waals surface area contributed by atoms with Crippen molar-refractivity contribution in [2.24, 2.45) is 27.2 Å². The molecule has 0 amide bonds. The molecule has 0 aliphatic carbocycles. The van der Waals surface area contributed by atoms with Crippen molar-refractivity contribution in [1.29, 1.82) is 0 Å². The van der Waals surface area contributed by atoms with E-state index in [1.165, 1.54) is 0 Å². The van der Waals surface area contributed by atoms with Gasteiger partial charge in [0.05, 0.1) is 21.7 Å². The summed E-state index contributed by atoms with van der Waals surface area (Å²) in [5, 5.41) is 0. The molecule has 0 saturated carbocycles. The highest BCUT2D eigenvalue weighted by Gasteiger charge is 2.18. The maximum Gasteiger partial charge on any atom is 0.223 e. The number of nitrogens with zero attached hydrogens (tertiary/aromatic N) is 3. The molecule has 0 bridgehead atoms. The summed E-state index contributed by atoms with van der Waals surface area (Å²) >= 11 is 1.10. The topological polar surface area (TPSA) is 150 Å². The van der Waals surface area contributed by atoms with Gasteiger partial charge in [0.1, 0.15) is 0 Å². The largest absolute Gasteiger partial charge is 0.370 e. The molecule has 2 aromatic rings. The van der Waals surface area contributed by atoms with E-state index in [0.29, 0.717) is 22.3 Å². The number of guanidine groups is 2. The van der Waals surface area contributed by atoms with Gasteiger partial charge in [0.15, 0.2) is 5.96 Å². The molecular formula is C12H16N6O2S2. The van der Waals surface area contributed by atoms with Gasteiger partial charge in [-0.25, -0.2) is 18.4 Å². The molecule has 0 spiro atoms. The zero-order chi connectivity index (χ0) is 16.3. The van der Waals surface area contributed by atoms with Crippen LogP contribution in [0.3, 0.4) is 0 Å². The van der Waals surface area contributed by atoms with Crippen molar-refractivity contribution in [2.75, 3.05) is 5.75 Å². The lowest BCUT2D eigenvalue weighted by Gasteiger charge is -1.95. The first-order valence-corrected chi connectivity index (χ1v) is 8.86. The first-order valence-electron chi connectivity index (χ1n) is 6.39. The molecule has 0 atom stereocenters. The quantitative estimate of drug-likeness (QED) is 0.550. The van der Waals surface area contributed by atoms with Gasteiger partial charge >= 0.3 is 0 Å². The molecule has 2 rings (SSSR count). The number of sulfone groups is 1. The third-order valence-electron chi connectivity index (χ3n) is 2.58. The molecule has 0 fully saturated rings. The number of benzene rings is 1. The van der Waals surface area contributed by atoms with Crippen molar-refractivity contribution < 1.29 is 8.42 Å². The zero-order valence-corrected chi connectivity index (χ0v) is 13.5. The molecule has 118 valence electrons. The Kier molecular flexibility index (Phi) is 4.62. The minimum absolute atomic E-state index is 0.0786. The Morgan fingerprint density at radius 1 is 1.32 bits per heavy atom. The predicted octanol–water partition coefficient (Wildman–Crippen LogP) is 0.700. The van der Waals surface area contributed by atoms with Crippen LogP contribution >= 0.6 is 11.3 Å². The average Bonchev–Trinajstić information content (AvgIpc) is 2.81. The maximum atomic E-state index is 12.0. The Bertz CT molecular complexity index is 850. The van der Waals surface area contributed by atoms with Crippen LogP contribution in [0.2, 0.25) is 0 Å². The van der Waals surface area contributed by atoms with Crippen LogP contribution in [0.4, 0.5) is 5.69 Å². The summed E-state index contributed by atoms with van der Waals surface area (Å²) in [7, 11) is -3.33. The van der Waals surface area contributed by atoms with Gasteiger partial charge in [0, 0.05) is 0 Å². The highest BCUT2D eigenvalue weighted by Crippen LogP contribution is 2.29. The number of aromatic nitrogens is 1. The number of aliphatic imine (C=N–C) groups is 2. The van der Waals surface area contributed by atoms with E-state index in [1.807, 2.05) is 6.92 Å². The number of nitrogens with two attached hydrogens (primary N) is 3. The standard InChI is InChI=1S/C12H16N6O2S2/c1-2-5-22(19,20)12-17-8-4-3-7(6-9(8)21-12)16-11(15)18-10(13)14/h3-4,6H,2,5H2,1H3,(H6,13,14,15,16,18). The summed E-state index contributed by atoms with van der Waals surface area (Å²) < 4.78 is 24.9. The minimum atomic E-state index is -3.33. The lowest BCUT2D eigenvalue weighted by atomic mass is 10.3. The zero-order valence-electron chi connectivity index (χ0n) is 11.9. The van der Waals surface area contributed by atoms with Crippen molar-refractivity contribution in [3.8, 4) is 0 Å². The first kappa shape index (κ1) is 16.2. The van der Waals surface area contributed by atoms with E-state index in [-0.39, 0.29) is 22.0 Å². The van der Waals surface area contributed by atoms with Crippen LogP contribution in [0.5, 0.6) is 0 Å². The lowest BCUT2D eigenvalue weighted by Crippen LogP contribution is -2.26. The first-order chi connectivity index (χ1) is 10.3. The fourth-order valence-electron chi connectivity index (χ4n) is 1.74. The molecule has 6 N–H and O–H groups in total. The van der Waals surface area contributed by atoms with Gasteiger partial charge in [-0.05, 0) is 24.6 Å². The lowest BCUT2D eigenvalue weighted by molar-refractivity contribution is 0.594. The molecule has 8 nitrogen and oxygen atoms in total. The molecule has 1 aromatic heterocycles. The molecule has 1 heterocycles. The molecule has 0 saturated heterocycles. The van der Waals surface area contributed by atoms with Gasteiger partial charge in [-0.15, -0.1) is 11.3 Å². The van der Waals surface area contributed by atoms with Gasteiger partial charge in [0.25, 0.3) is 0 Å². The number of fused-ring (bicyclic) bond motifs is 1. The number of hydrogen-bond donors (Lipinski definition) is 3. The molecule has 0 aliphatic heterocycles. The summed E-state index contributed by atoms with van der Waals surface area (Å²) in [6.45, 7) is 1.81. The molecule has 0 unspecified atom stereocenters. The fourth-order valence-corrected chi connectivity index (χ4v) is 4.45. The number of rotatable bonds is 4. The van der Waals surface area contributed by atoms with E-state index >= 15 is 0 Å². The Morgan fingerprint density at radius 2 is 2.05 bits per heavy atom. The molecule has 0 aliphatic rings. The summed E-state index contributed by atoms with van der Waals surface area (Å²) in [6.07, 6.45) is 0.544. The van der Waals surface area contributed by atoms with E-state index in [2.05, 4.69) is 15.0 Å². The van der Waals surface area contributed by atoms with Crippen molar-refractivity contribution in [3.05, 3.63) is 18.2 Å². The fraction of sp³-hybridized carbons (Fsp3) is 0.250.